The minimum absolute atomic E-state index is 0.173. The van der Waals surface area contributed by atoms with Gasteiger partial charge in [0.1, 0.15) is 12.1 Å². The third kappa shape index (κ3) is 4.54. The van der Waals surface area contributed by atoms with Gasteiger partial charge in [-0.1, -0.05) is 12.1 Å². The number of anilines is 1. The first-order valence-corrected chi connectivity index (χ1v) is 12.6. The highest BCUT2D eigenvalue weighted by atomic mass is 19.1. The summed E-state index contributed by atoms with van der Waals surface area (Å²) in [7, 11) is 1.62. The zero-order valence-corrected chi connectivity index (χ0v) is 21.4. The topological polar surface area (TPSA) is 88.3 Å². The fourth-order valence-corrected chi connectivity index (χ4v) is 4.77. The largest absolute Gasteiger partial charge is 0.445 e. The molecule has 1 aliphatic carbocycles. The van der Waals surface area contributed by atoms with Crippen LogP contribution in [0.5, 0.6) is 0 Å². The lowest BCUT2D eigenvalue weighted by Crippen LogP contribution is -2.35. The van der Waals surface area contributed by atoms with Crippen molar-refractivity contribution in [1.29, 1.82) is 0 Å². The quantitative estimate of drug-likeness (QED) is 0.295. The van der Waals surface area contributed by atoms with Gasteiger partial charge in [-0.2, -0.15) is 0 Å². The number of nitrogens with one attached hydrogen (secondary N) is 1. The lowest BCUT2D eigenvalue weighted by Gasteiger charge is -2.18. The van der Waals surface area contributed by atoms with Crippen molar-refractivity contribution >= 4 is 28.6 Å². The molecule has 0 bridgehead atoms. The van der Waals surface area contributed by atoms with Crippen LogP contribution in [0.2, 0.25) is 0 Å². The number of hydrogen-bond acceptors (Lipinski definition) is 5. The molecular formula is C31H25FN4O3. The molecule has 39 heavy (non-hydrogen) atoms. The van der Waals surface area contributed by atoms with Crippen molar-refractivity contribution in [3.63, 3.8) is 0 Å². The highest BCUT2D eigenvalue weighted by molar-refractivity contribution is 6.13. The van der Waals surface area contributed by atoms with E-state index >= 15 is 0 Å². The van der Waals surface area contributed by atoms with E-state index in [1.807, 2.05) is 43.3 Å². The van der Waals surface area contributed by atoms with Crippen molar-refractivity contribution < 1.29 is 18.4 Å². The van der Waals surface area contributed by atoms with Crippen molar-refractivity contribution in [2.75, 3.05) is 11.9 Å². The van der Waals surface area contributed by atoms with Gasteiger partial charge in [0, 0.05) is 36.3 Å². The molecular weight excluding hydrogens is 495 g/mol. The zero-order valence-electron chi connectivity index (χ0n) is 21.4. The van der Waals surface area contributed by atoms with Gasteiger partial charge >= 0.3 is 0 Å². The second kappa shape index (κ2) is 9.47. The number of pyridine rings is 2. The number of furan rings is 1. The Hall–Kier alpha value is -4.85. The van der Waals surface area contributed by atoms with Gasteiger partial charge in [-0.05, 0) is 85.5 Å². The Morgan fingerprint density at radius 1 is 1.03 bits per heavy atom. The van der Waals surface area contributed by atoms with E-state index in [1.165, 1.54) is 23.3 Å². The lowest BCUT2D eigenvalue weighted by atomic mass is 9.97. The summed E-state index contributed by atoms with van der Waals surface area (Å²) in [4.78, 5) is 36.9. The molecule has 194 valence electrons. The van der Waals surface area contributed by atoms with Gasteiger partial charge in [-0.15, -0.1) is 0 Å². The first-order chi connectivity index (χ1) is 18.8. The standard InChI is InChI=1S/C31H25FN4O3/c1-19-6-7-20(28(37)35-31(12-13-31)27-5-3-4-14-33-27)15-24(19)21-16-25-26(18-39-29(25)34-17-21)30(38)36(2)23-10-8-22(32)9-11-23/h3-11,14-18H,12-13H2,1-2H3,(H,35,37). The highest BCUT2D eigenvalue weighted by Gasteiger charge is 2.47. The van der Waals surface area contributed by atoms with Crippen molar-refractivity contribution in [1.82, 2.24) is 15.3 Å². The van der Waals surface area contributed by atoms with E-state index in [2.05, 4.69) is 15.3 Å². The Morgan fingerprint density at radius 3 is 2.54 bits per heavy atom. The summed E-state index contributed by atoms with van der Waals surface area (Å²) in [5.41, 5.74) is 4.71. The minimum atomic E-state index is -0.424. The van der Waals surface area contributed by atoms with Crippen LogP contribution in [0.4, 0.5) is 10.1 Å². The molecule has 0 aliphatic heterocycles. The van der Waals surface area contributed by atoms with E-state index in [4.69, 9.17) is 4.42 Å². The molecule has 5 aromatic rings. The fraction of sp³-hybridized carbons (Fsp3) is 0.161. The summed E-state index contributed by atoms with van der Waals surface area (Å²) in [6.45, 7) is 1.96. The lowest BCUT2D eigenvalue weighted by molar-refractivity contribution is 0.0928. The number of rotatable bonds is 6. The summed E-state index contributed by atoms with van der Waals surface area (Å²) in [5.74, 6) is -0.862. The van der Waals surface area contributed by atoms with E-state index < -0.39 is 5.54 Å². The molecule has 0 radical (unpaired) electrons. The molecule has 8 heteroatoms. The summed E-state index contributed by atoms with van der Waals surface area (Å²) in [6, 6.07) is 18.8. The predicted octanol–water partition coefficient (Wildman–Crippen LogP) is 6.03. The molecule has 1 aliphatic rings. The van der Waals surface area contributed by atoms with Gasteiger partial charge in [0.05, 0.1) is 22.2 Å². The molecule has 1 saturated carbocycles. The number of nitrogens with zero attached hydrogens (tertiary/aromatic N) is 3. The van der Waals surface area contributed by atoms with Gasteiger partial charge in [0.25, 0.3) is 11.8 Å². The average Bonchev–Trinajstić information content (AvgIpc) is 3.62. The van der Waals surface area contributed by atoms with Crippen molar-refractivity contribution in [3.8, 4) is 11.1 Å². The normalized spacial score (nSPS) is 13.7. The SMILES string of the molecule is Cc1ccc(C(=O)NC2(c3ccccn3)CC2)cc1-c1cnc2occ(C(=O)N(C)c3ccc(F)cc3)c2c1. The Morgan fingerprint density at radius 2 is 1.82 bits per heavy atom. The number of aromatic nitrogens is 2. The smallest absolute Gasteiger partial charge is 0.261 e. The molecule has 7 nitrogen and oxygen atoms in total. The molecule has 3 aromatic heterocycles. The molecule has 0 unspecified atom stereocenters. The number of aryl methyl sites for hydroxylation is 1. The molecule has 2 amide bonds. The number of fused-ring (bicyclic) bond motifs is 1. The highest BCUT2D eigenvalue weighted by Crippen LogP contribution is 2.44. The predicted molar refractivity (Wildman–Crippen MR) is 146 cm³/mol. The van der Waals surface area contributed by atoms with Crippen LogP contribution in [-0.2, 0) is 5.54 Å². The Labute approximate surface area is 224 Å². The number of benzene rings is 2. The van der Waals surface area contributed by atoms with Crippen LogP contribution in [-0.4, -0.2) is 28.8 Å². The summed E-state index contributed by atoms with van der Waals surface area (Å²) in [6.07, 6.45) is 6.48. The van der Waals surface area contributed by atoms with Crippen molar-refractivity contribution in [3.05, 3.63) is 114 Å². The maximum Gasteiger partial charge on any atom is 0.261 e. The van der Waals surface area contributed by atoms with E-state index in [0.29, 0.717) is 27.9 Å². The maximum absolute atomic E-state index is 13.4. The molecule has 0 spiro atoms. The summed E-state index contributed by atoms with van der Waals surface area (Å²) >= 11 is 0. The van der Waals surface area contributed by atoms with Crippen LogP contribution in [0.15, 0.2) is 89.8 Å². The van der Waals surface area contributed by atoms with Crippen LogP contribution in [0.25, 0.3) is 22.2 Å². The first-order valence-electron chi connectivity index (χ1n) is 12.6. The third-order valence-electron chi connectivity index (χ3n) is 7.25. The minimum Gasteiger partial charge on any atom is -0.445 e. The number of carbonyl (C=O) groups is 2. The molecule has 2 aromatic carbocycles. The number of halogens is 1. The number of hydrogen-bond donors (Lipinski definition) is 1. The summed E-state index contributed by atoms with van der Waals surface area (Å²) < 4.78 is 18.9. The van der Waals surface area contributed by atoms with Crippen molar-refractivity contribution in [2.45, 2.75) is 25.3 Å². The van der Waals surface area contributed by atoms with E-state index in [-0.39, 0.29) is 17.6 Å². The fourth-order valence-electron chi connectivity index (χ4n) is 4.77. The van der Waals surface area contributed by atoms with Gasteiger partial charge in [0.2, 0.25) is 5.71 Å². The molecule has 0 atom stereocenters. The first kappa shape index (κ1) is 24.5. The van der Waals surface area contributed by atoms with Gasteiger partial charge in [0.15, 0.2) is 0 Å². The molecule has 6 rings (SSSR count). The van der Waals surface area contributed by atoms with Crippen molar-refractivity contribution in [2.24, 2.45) is 0 Å². The summed E-state index contributed by atoms with van der Waals surface area (Å²) in [5, 5.41) is 3.72. The Kier molecular flexibility index (Phi) is 5.95. The molecule has 0 saturated heterocycles. The van der Waals surface area contributed by atoms with E-state index in [9.17, 15) is 14.0 Å². The second-order valence-corrected chi connectivity index (χ2v) is 9.85. The average molecular weight is 521 g/mol. The van der Waals surface area contributed by atoms with Crippen LogP contribution in [0.3, 0.4) is 0 Å². The van der Waals surface area contributed by atoms with E-state index in [1.54, 1.807) is 37.6 Å². The Bertz CT molecular complexity index is 1710. The zero-order chi connectivity index (χ0) is 27.1. The monoisotopic (exact) mass is 520 g/mol. The maximum atomic E-state index is 13.4. The van der Waals surface area contributed by atoms with Crippen LogP contribution >= 0.6 is 0 Å². The molecule has 1 N–H and O–H groups in total. The second-order valence-electron chi connectivity index (χ2n) is 9.85. The van der Waals surface area contributed by atoms with Crippen LogP contribution in [0, 0.1) is 12.7 Å². The number of amides is 2. The molecule has 1 fully saturated rings. The Balaban J connectivity index is 1.30. The van der Waals surface area contributed by atoms with Crippen LogP contribution in [0.1, 0.15) is 44.8 Å². The van der Waals surface area contributed by atoms with Gasteiger partial charge in [-0.3, -0.25) is 14.6 Å². The van der Waals surface area contributed by atoms with E-state index in [0.717, 1.165) is 35.2 Å². The van der Waals surface area contributed by atoms with Gasteiger partial charge < -0.3 is 14.6 Å². The van der Waals surface area contributed by atoms with Gasteiger partial charge in [-0.25, -0.2) is 9.37 Å². The third-order valence-corrected chi connectivity index (χ3v) is 7.25. The molecule has 3 heterocycles. The van der Waals surface area contributed by atoms with Crippen LogP contribution < -0.4 is 10.2 Å². The number of carbonyl (C=O) groups excluding carboxylic acids is 2.